The molecule has 2 rings (SSSR count). The lowest BCUT2D eigenvalue weighted by molar-refractivity contribution is -0.118. The minimum atomic E-state index is -0.430. The molecule has 1 unspecified atom stereocenters. The number of nitrogens with one attached hydrogen (secondary N) is 1. The van der Waals surface area contributed by atoms with E-state index >= 15 is 0 Å². The van der Waals surface area contributed by atoms with Crippen LogP contribution in [0.5, 0.6) is 0 Å². The van der Waals surface area contributed by atoms with Gasteiger partial charge in [-0.15, -0.1) is 0 Å². The average molecular weight is 354 g/mol. The molecule has 0 spiro atoms. The number of carbonyl (C=O) groups excluding carboxylic acids is 1. The van der Waals surface area contributed by atoms with Crippen molar-refractivity contribution in [2.45, 2.75) is 39.7 Å². The van der Waals surface area contributed by atoms with Gasteiger partial charge in [-0.05, 0) is 40.3 Å². The van der Waals surface area contributed by atoms with Crippen molar-refractivity contribution in [1.82, 2.24) is 14.6 Å². The van der Waals surface area contributed by atoms with Gasteiger partial charge in [-0.25, -0.2) is 9.50 Å². The van der Waals surface area contributed by atoms with Crippen LogP contribution in [-0.4, -0.2) is 26.5 Å². The summed E-state index contributed by atoms with van der Waals surface area (Å²) in [6.07, 6.45) is 5.03. The second-order valence-corrected chi connectivity index (χ2v) is 7.13. The lowest BCUT2D eigenvalue weighted by Crippen LogP contribution is -2.36. The van der Waals surface area contributed by atoms with Crippen molar-refractivity contribution in [3.63, 3.8) is 0 Å². The van der Waals surface area contributed by atoms with Gasteiger partial charge in [-0.3, -0.25) is 4.79 Å². The van der Waals surface area contributed by atoms with E-state index in [1.807, 2.05) is 0 Å². The highest BCUT2D eigenvalue weighted by Gasteiger charge is 2.20. The van der Waals surface area contributed by atoms with Gasteiger partial charge < -0.3 is 11.1 Å². The van der Waals surface area contributed by atoms with Crippen LogP contribution in [0.25, 0.3) is 5.65 Å². The molecule has 0 aromatic carbocycles. The lowest BCUT2D eigenvalue weighted by atomic mass is 9.88. The number of hydrogen-bond donors (Lipinski definition) is 2. The van der Waals surface area contributed by atoms with Gasteiger partial charge in [-0.2, -0.15) is 5.10 Å². The van der Waals surface area contributed by atoms with Crippen LogP contribution in [0, 0.1) is 5.41 Å². The molecule has 1 atom stereocenters. The van der Waals surface area contributed by atoms with Crippen molar-refractivity contribution >= 4 is 33.3 Å². The SMILES string of the molecule is CC(C)(C)CCC(Nc1ccn2ncc(Br)c2n1)C(N)=O. The minimum Gasteiger partial charge on any atom is -0.368 e. The second-order valence-electron chi connectivity index (χ2n) is 6.27. The highest BCUT2D eigenvalue weighted by atomic mass is 79.9. The molecule has 1 amide bonds. The molecule has 0 radical (unpaired) electrons. The van der Waals surface area contributed by atoms with Gasteiger partial charge in [-0.1, -0.05) is 20.8 Å². The predicted octanol–water partition coefficient (Wildman–Crippen LogP) is 2.58. The summed E-state index contributed by atoms with van der Waals surface area (Å²) in [6, 6.07) is 1.35. The molecule has 21 heavy (non-hydrogen) atoms. The topological polar surface area (TPSA) is 85.3 Å². The number of carbonyl (C=O) groups is 1. The summed E-state index contributed by atoms with van der Waals surface area (Å²) >= 11 is 3.39. The van der Waals surface area contributed by atoms with Crippen LogP contribution in [-0.2, 0) is 4.79 Å². The van der Waals surface area contributed by atoms with E-state index in [-0.39, 0.29) is 11.3 Å². The first-order valence-electron chi connectivity index (χ1n) is 6.82. The van der Waals surface area contributed by atoms with Crippen LogP contribution in [0.1, 0.15) is 33.6 Å². The number of primary amides is 1. The standard InChI is InChI=1S/C14H20BrN5O/c1-14(2,3)6-4-10(12(16)21)18-11-5-7-20-13(19-11)9(15)8-17-20/h5,7-8,10H,4,6H2,1-3H3,(H2,16,21)(H,18,19). The van der Waals surface area contributed by atoms with Crippen molar-refractivity contribution in [3.8, 4) is 0 Å². The first-order chi connectivity index (χ1) is 9.76. The van der Waals surface area contributed by atoms with Crippen molar-refractivity contribution in [3.05, 3.63) is 22.9 Å². The van der Waals surface area contributed by atoms with Gasteiger partial charge in [0, 0.05) is 6.20 Å². The van der Waals surface area contributed by atoms with Crippen LogP contribution in [0.4, 0.5) is 5.82 Å². The third kappa shape index (κ3) is 4.17. The monoisotopic (exact) mass is 353 g/mol. The first-order valence-corrected chi connectivity index (χ1v) is 7.61. The quantitative estimate of drug-likeness (QED) is 0.864. The smallest absolute Gasteiger partial charge is 0.239 e. The number of hydrogen-bond acceptors (Lipinski definition) is 4. The predicted molar refractivity (Wildman–Crippen MR) is 86.0 cm³/mol. The molecule has 6 nitrogen and oxygen atoms in total. The molecule has 0 bridgehead atoms. The second kappa shape index (κ2) is 6.01. The average Bonchev–Trinajstić information content (AvgIpc) is 2.74. The molecular formula is C14H20BrN5O. The molecule has 0 saturated carbocycles. The highest BCUT2D eigenvalue weighted by molar-refractivity contribution is 9.10. The van der Waals surface area contributed by atoms with Gasteiger partial charge in [0.25, 0.3) is 0 Å². The van der Waals surface area contributed by atoms with E-state index in [1.165, 1.54) is 0 Å². The molecule has 2 heterocycles. The molecule has 0 aliphatic carbocycles. The summed E-state index contributed by atoms with van der Waals surface area (Å²) in [4.78, 5) is 16.0. The number of anilines is 1. The summed E-state index contributed by atoms with van der Waals surface area (Å²) in [5, 5.41) is 7.24. The van der Waals surface area contributed by atoms with Gasteiger partial charge in [0.05, 0.1) is 10.7 Å². The van der Waals surface area contributed by atoms with E-state index in [9.17, 15) is 4.79 Å². The normalized spacial score (nSPS) is 13.3. The van der Waals surface area contributed by atoms with Crippen LogP contribution >= 0.6 is 15.9 Å². The first kappa shape index (κ1) is 15.8. The Morgan fingerprint density at radius 2 is 2.24 bits per heavy atom. The fourth-order valence-electron chi connectivity index (χ4n) is 1.96. The summed E-state index contributed by atoms with van der Waals surface area (Å²) in [7, 11) is 0. The zero-order chi connectivity index (χ0) is 15.6. The fourth-order valence-corrected chi connectivity index (χ4v) is 2.32. The Bertz CT molecular complexity index is 646. The van der Waals surface area contributed by atoms with E-state index in [0.29, 0.717) is 17.9 Å². The highest BCUT2D eigenvalue weighted by Crippen LogP contribution is 2.23. The van der Waals surface area contributed by atoms with Gasteiger partial charge in [0.2, 0.25) is 5.91 Å². The maximum absolute atomic E-state index is 11.6. The van der Waals surface area contributed by atoms with Crippen molar-refractivity contribution in [2.24, 2.45) is 11.1 Å². The largest absolute Gasteiger partial charge is 0.368 e. The van der Waals surface area contributed by atoms with Crippen molar-refractivity contribution in [1.29, 1.82) is 0 Å². The summed E-state index contributed by atoms with van der Waals surface area (Å²) in [6.45, 7) is 6.41. The molecule has 7 heteroatoms. The van der Waals surface area contributed by atoms with Gasteiger partial charge in [0.15, 0.2) is 5.65 Å². The van der Waals surface area contributed by atoms with Crippen LogP contribution in [0.15, 0.2) is 22.9 Å². The van der Waals surface area contributed by atoms with E-state index in [4.69, 9.17) is 5.73 Å². The molecular weight excluding hydrogens is 334 g/mol. The summed E-state index contributed by atoms with van der Waals surface area (Å²) in [5.41, 5.74) is 6.33. The number of halogens is 1. The number of nitrogens with zero attached hydrogens (tertiary/aromatic N) is 3. The number of aromatic nitrogens is 3. The Morgan fingerprint density at radius 3 is 2.86 bits per heavy atom. The van der Waals surface area contributed by atoms with E-state index in [2.05, 4.69) is 52.1 Å². The number of nitrogens with two attached hydrogens (primary N) is 1. The Balaban J connectivity index is 2.14. The molecule has 2 aromatic rings. The van der Waals surface area contributed by atoms with E-state index in [0.717, 1.165) is 10.9 Å². The fraction of sp³-hybridized carbons (Fsp3) is 0.500. The Morgan fingerprint density at radius 1 is 1.52 bits per heavy atom. The van der Waals surface area contributed by atoms with E-state index < -0.39 is 6.04 Å². The molecule has 2 aromatic heterocycles. The Labute approximate surface area is 132 Å². The van der Waals surface area contributed by atoms with Crippen molar-refractivity contribution < 1.29 is 4.79 Å². The minimum absolute atomic E-state index is 0.154. The van der Waals surface area contributed by atoms with Crippen LogP contribution < -0.4 is 11.1 Å². The molecule has 0 saturated heterocycles. The third-order valence-corrected chi connectivity index (χ3v) is 3.73. The molecule has 114 valence electrons. The zero-order valence-electron chi connectivity index (χ0n) is 12.4. The number of rotatable bonds is 5. The molecule has 0 aliphatic heterocycles. The Kier molecular flexibility index (Phi) is 4.51. The van der Waals surface area contributed by atoms with Crippen LogP contribution in [0.3, 0.4) is 0 Å². The van der Waals surface area contributed by atoms with Gasteiger partial charge in [0.1, 0.15) is 11.9 Å². The maximum atomic E-state index is 11.6. The molecule has 0 fully saturated rings. The number of fused-ring (bicyclic) bond motifs is 1. The van der Waals surface area contributed by atoms with Gasteiger partial charge >= 0.3 is 0 Å². The molecule has 3 N–H and O–H groups in total. The third-order valence-electron chi connectivity index (χ3n) is 3.17. The lowest BCUT2D eigenvalue weighted by Gasteiger charge is -2.22. The Hall–Kier alpha value is -1.63. The summed E-state index contributed by atoms with van der Waals surface area (Å²) in [5.74, 6) is 0.245. The number of amides is 1. The molecule has 0 aliphatic rings. The zero-order valence-corrected chi connectivity index (χ0v) is 14.0. The maximum Gasteiger partial charge on any atom is 0.239 e. The summed E-state index contributed by atoms with van der Waals surface area (Å²) < 4.78 is 2.46. The van der Waals surface area contributed by atoms with E-state index in [1.54, 1.807) is 23.0 Å². The van der Waals surface area contributed by atoms with Crippen LogP contribution in [0.2, 0.25) is 0 Å². The van der Waals surface area contributed by atoms with Crippen molar-refractivity contribution in [2.75, 3.05) is 5.32 Å².